The molecule has 1 amide bonds. The van der Waals surface area contributed by atoms with E-state index >= 15 is 0 Å². The third kappa shape index (κ3) is 3.86. The average Bonchev–Trinajstić information content (AvgIpc) is 2.90. The molecule has 3 rings (SSSR count). The fraction of sp³-hybridized carbons (Fsp3) is 0.167. The lowest BCUT2D eigenvalue weighted by Gasteiger charge is -2.15. The van der Waals surface area contributed by atoms with Crippen molar-refractivity contribution < 1.29 is 9.53 Å². The zero-order valence-corrected chi connectivity index (χ0v) is 14.9. The summed E-state index contributed by atoms with van der Waals surface area (Å²) in [6.45, 7) is 1.98. The molecule has 124 valence electrons. The van der Waals surface area contributed by atoms with Gasteiger partial charge in [-0.25, -0.2) is 0 Å². The molecule has 1 aliphatic heterocycles. The number of thioether (sulfide) groups is 1. The Hall–Kier alpha value is -2.11. The van der Waals surface area contributed by atoms with Crippen molar-refractivity contribution in [3.05, 3.63) is 63.5 Å². The van der Waals surface area contributed by atoms with E-state index in [4.69, 9.17) is 16.3 Å². The predicted molar refractivity (Wildman–Crippen MR) is 100 cm³/mol. The maximum absolute atomic E-state index is 12.2. The minimum absolute atomic E-state index is 0.0834. The SMILES string of the molecule is COc1ccc(/C=C2\SC(Nc3ccc(Cl)cc3C)NC2=O)cc1. The second-order valence-corrected chi connectivity index (χ2v) is 6.94. The Labute approximate surface area is 150 Å². The standard InChI is InChI=1S/C18H17ClN2O2S/c1-11-9-13(19)5-8-15(11)20-18-21-17(22)16(24-18)10-12-3-6-14(23-2)7-4-12/h3-10,18,20H,1-2H3,(H,21,22)/b16-10-. The Morgan fingerprint density at radius 2 is 2.00 bits per heavy atom. The highest BCUT2D eigenvalue weighted by atomic mass is 35.5. The van der Waals surface area contributed by atoms with Gasteiger partial charge in [0, 0.05) is 10.7 Å². The molecule has 2 aromatic rings. The van der Waals surface area contributed by atoms with Crippen LogP contribution >= 0.6 is 23.4 Å². The summed E-state index contributed by atoms with van der Waals surface area (Å²) in [5, 5.41) is 6.93. The Balaban J connectivity index is 1.71. The highest BCUT2D eigenvalue weighted by Gasteiger charge is 2.27. The molecule has 0 spiro atoms. The molecule has 2 N–H and O–H groups in total. The number of carbonyl (C=O) groups is 1. The predicted octanol–water partition coefficient (Wildman–Crippen LogP) is 4.26. The smallest absolute Gasteiger partial charge is 0.260 e. The van der Waals surface area contributed by atoms with E-state index in [9.17, 15) is 4.79 Å². The topological polar surface area (TPSA) is 50.4 Å². The Bertz CT molecular complexity index is 790. The maximum Gasteiger partial charge on any atom is 0.260 e. The van der Waals surface area contributed by atoms with Gasteiger partial charge in [-0.1, -0.05) is 35.5 Å². The van der Waals surface area contributed by atoms with E-state index in [-0.39, 0.29) is 11.4 Å². The Kier molecular flexibility index (Phi) is 5.02. The van der Waals surface area contributed by atoms with Crippen LogP contribution in [0.15, 0.2) is 47.4 Å². The lowest BCUT2D eigenvalue weighted by Crippen LogP contribution is -2.31. The van der Waals surface area contributed by atoms with E-state index in [1.165, 1.54) is 11.8 Å². The summed E-state index contributed by atoms with van der Waals surface area (Å²) in [5.74, 6) is 0.707. The number of anilines is 1. The molecule has 0 saturated carbocycles. The molecule has 0 aliphatic carbocycles. The zero-order chi connectivity index (χ0) is 17.1. The number of carbonyl (C=O) groups excluding carboxylic acids is 1. The highest BCUT2D eigenvalue weighted by molar-refractivity contribution is 8.05. The summed E-state index contributed by atoms with van der Waals surface area (Å²) in [6.07, 6.45) is 1.87. The third-order valence-electron chi connectivity index (χ3n) is 3.62. The Morgan fingerprint density at radius 3 is 2.67 bits per heavy atom. The van der Waals surface area contributed by atoms with Gasteiger partial charge in [-0.3, -0.25) is 4.79 Å². The molecular formula is C18H17ClN2O2S. The average molecular weight is 361 g/mol. The number of rotatable bonds is 4. The molecule has 1 aliphatic rings. The second-order valence-electron chi connectivity index (χ2n) is 5.36. The molecule has 1 saturated heterocycles. The lowest BCUT2D eigenvalue weighted by atomic mass is 10.2. The van der Waals surface area contributed by atoms with Crippen LogP contribution in [0.25, 0.3) is 6.08 Å². The lowest BCUT2D eigenvalue weighted by molar-refractivity contribution is -0.116. The number of hydrogen-bond donors (Lipinski definition) is 2. The van der Waals surface area contributed by atoms with Gasteiger partial charge in [0.25, 0.3) is 5.91 Å². The summed E-state index contributed by atoms with van der Waals surface area (Å²) in [4.78, 5) is 12.8. The van der Waals surface area contributed by atoms with Gasteiger partial charge in [-0.15, -0.1) is 0 Å². The molecule has 1 unspecified atom stereocenters. The van der Waals surface area contributed by atoms with Crippen molar-refractivity contribution in [3.63, 3.8) is 0 Å². The first-order chi connectivity index (χ1) is 11.5. The largest absolute Gasteiger partial charge is 0.497 e. The molecule has 2 aromatic carbocycles. The molecule has 1 atom stereocenters. The maximum atomic E-state index is 12.2. The van der Waals surface area contributed by atoms with Crippen molar-refractivity contribution in [3.8, 4) is 5.75 Å². The van der Waals surface area contributed by atoms with E-state index in [0.29, 0.717) is 9.93 Å². The van der Waals surface area contributed by atoms with Crippen LogP contribution in [0.1, 0.15) is 11.1 Å². The van der Waals surface area contributed by atoms with Gasteiger partial charge in [0.15, 0.2) is 5.50 Å². The molecule has 0 aromatic heterocycles. The van der Waals surface area contributed by atoms with Gasteiger partial charge in [0.05, 0.1) is 12.0 Å². The van der Waals surface area contributed by atoms with Crippen LogP contribution in [0.5, 0.6) is 5.75 Å². The molecule has 0 bridgehead atoms. The number of aryl methyl sites for hydroxylation is 1. The monoisotopic (exact) mass is 360 g/mol. The van der Waals surface area contributed by atoms with Crippen LogP contribution in [-0.2, 0) is 4.79 Å². The summed E-state index contributed by atoms with van der Waals surface area (Å²) < 4.78 is 5.14. The van der Waals surface area contributed by atoms with Crippen molar-refractivity contribution >= 4 is 41.0 Å². The first kappa shape index (κ1) is 16.7. The van der Waals surface area contributed by atoms with Crippen molar-refractivity contribution in [1.82, 2.24) is 5.32 Å². The van der Waals surface area contributed by atoms with Crippen LogP contribution < -0.4 is 15.4 Å². The molecule has 1 fully saturated rings. The van der Waals surface area contributed by atoms with Crippen molar-refractivity contribution in [2.75, 3.05) is 12.4 Å². The number of hydrogen-bond acceptors (Lipinski definition) is 4. The summed E-state index contributed by atoms with van der Waals surface area (Å²) in [6, 6.07) is 13.2. The number of halogens is 1. The molecule has 24 heavy (non-hydrogen) atoms. The Morgan fingerprint density at radius 1 is 1.25 bits per heavy atom. The van der Waals surface area contributed by atoms with Gasteiger partial charge in [-0.2, -0.15) is 0 Å². The number of nitrogens with one attached hydrogen (secondary N) is 2. The van der Waals surface area contributed by atoms with Crippen molar-refractivity contribution in [2.24, 2.45) is 0 Å². The van der Waals surface area contributed by atoms with Crippen LogP contribution in [0.2, 0.25) is 5.02 Å². The fourth-order valence-electron chi connectivity index (χ4n) is 2.35. The van der Waals surface area contributed by atoms with Crippen LogP contribution in [0.3, 0.4) is 0 Å². The van der Waals surface area contributed by atoms with Gasteiger partial charge >= 0.3 is 0 Å². The molecule has 6 heteroatoms. The molecule has 1 heterocycles. The second kappa shape index (κ2) is 7.20. The van der Waals surface area contributed by atoms with Crippen LogP contribution in [0, 0.1) is 6.92 Å². The number of benzene rings is 2. The molecule has 4 nitrogen and oxygen atoms in total. The van der Waals surface area contributed by atoms with Crippen LogP contribution in [-0.4, -0.2) is 18.5 Å². The quantitative estimate of drug-likeness (QED) is 0.800. The first-order valence-electron chi connectivity index (χ1n) is 7.41. The van der Waals surface area contributed by atoms with Gasteiger partial charge < -0.3 is 15.4 Å². The van der Waals surface area contributed by atoms with Crippen molar-refractivity contribution in [1.29, 1.82) is 0 Å². The number of methoxy groups -OCH3 is 1. The normalized spacial score (nSPS) is 18.5. The minimum Gasteiger partial charge on any atom is -0.497 e. The van der Waals surface area contributed by atoms with E-state index in [1.807, 2.05) is 55.5 Å². The minimum atomic E-state index is -0.207. The van der Waals surface area contributed by atoms with Gasteiger partial charge in [0.2, 0.25) is 0 Å². The van der Waals surface area contributed by atoms with E-state index in [1.54, 1.807) is 7.11 Å². The number of ether oxygens (including phenoxy) is 1. The molecule has 0 radical (unpaired) electrons. The van der Waals surface area contributed by atoms with Crippen molar-refractivity contribution in [2.45, 2.75) is 12.4 Å². The van der Waals surface area contributed by atoms with Gasteiger partial charge in [-0.05, 0) is 54.5 Å². The zero-order valence-electron chi connectivity index (χ0n) is 13.3. The highest BCUT2D eigenvalue weighted by Crippen LogP contribution is 2.31. The first-order valence-corrected chi connectivity index (χ1v) is 8.67. The number of amides is 1. The summed E-state index contributed by atoms with van der Waals surface area (Å²) >= 11 is 7.43. The van der Waals surface area contributed by atoms with Crippen LogP contribution in [0.4, 0.5) is 5.69 Å². The van der Waals surface area contributed by atoms with E-state index in [0.717, 1.165) is 22.6 Å². The fourth-order valence-corrected chi connectivity index (χ4v) is 3.55. The van der Waals surface area contributed by atoms with E-state index in [2.05, 4.69) is 10.6 Å². The van der Waals surface area contributed by atoms with E-state index < -0.39 is 0 Å². The summed E-state index contributed by atoms with van der Waals surface area (Å²) in [7, 11) is 1.63. The molecular weight excluding hydrogens is 344 g/mol. The van der Waals surface area contributed by atoms with Gasteiger partial charge in [0.1, 0.15) is 5.75 Å². The third-order valence-corrected chi connectivity index (χ3v) is 4.88. The summed E-state index contributed by atoms with van der Waals surface area (Å²) in [5.41, 5.74) is 2.73.